The van der Waals surface area contributed by atoms with Gasteiger partial charge in [-0.2, -0.15) is 11.8 Å². The number of carbonyl (C=O) groups excluding carboxylic acids is 3. The van der Waals surface area contributed by atoms with Gasteiger partial charge in [-0.05, 0) is 44.1 Å². The van der Waals surface area contributed by atoms with E-state index in [2.05, 4.69) is 16.0 Å². The van der Waals surface area contributed by atoms with E-state index in [1.54, 1.807) is 0 Å². The third-order valence-electron chi connectivity index (χ3n) is 4.32. The lowest BCUT2D eigenvalue weighted by Crippen LogP contribution is -2.57. The highest BCUT2D eigenvalue weighted by molar-refractivity contribution is 7.98. The highest BCUT2D eigenvalue weighted by Gasteiger charge is 2.29. The van der Waals surface area contributed by atoms with Crippen LogP contribution in [-0.4, -0.2) is 76.0 Å². The Bertz CT molecular complexity index is 645. The Morgan fingerprint density at radius 3 is 1.90 bits per heavy atom. The third kappa shape index (κ3) is 12.2. The number of carboxylic acid groups (broad SMARTS) is 2. The zero-order valence-electron chi connectivity index (χ0n) is 18.3. The average Bonchev–Trinajstić information content (AvgIpc) is 2.67. The Hall–Kier alpha value is -2.34. The standard InChI is InChI=1S/C19H34N4O7S/c1-10(2)9-14(23-16(26)12(20)5-6-15(24)25)18(28)22-13(7-8-31-4)17(27)21-11(3)19(29)30/h10-14H,5-9,20H2,1-4H3,(H,21,27)(H,22,28)(H,23,26)(H,24,25)(H,29,30). The molecule has 0 fully saturated rings. The zero-order valence-corrected chi connectivity index (χ0v) is 19.2. The molecule has 31 heavy (non-hydrogen) atoms. The van der Waals surface area contributed by atoms with Crippen molar-refractivity contribution in [1.29, 1.82) is 0 Å². The number of carbonyl (C=O) groups is 5. The van der Waals surface area contributed by atoms with Gasteiger partial charge in [0.1, 0.15) is 18.1 Å². The summed E-state index contributed by atoms with van der Waals surface area (Å²) in [6.07, 6.45) is 2.01. The normalized spacial score (nSPS) is 14.8. The molecule has 0 aliphatic rings. The van der Waals surface area contributed by atoms with E-state index in [1.807, 2.05) is 20.1 Å². The van der Waals surface area contributed by atoms with Crippen LogP contribution >= 0.6 is 11.8 Å². The molecule has 0 aromatic heterocycles. The van der Waals surface area contributed by atoms with Gasteiger partial charge in [0.2, 0.25) is 17.7 Å². The van der Waals surface area contributed by atoms with Crippen molar-refractivity contribution in [1.82, 2.24) is 16.0 Å². The number of amides is 3. The van der Waals surface area contributed by atoms with Gasteiger partial charge in [0, 0.05) is 6.42 Å². The van der Waals surface area contributed by atoms with Gasteiger partial charge >= 0.3 is 11.9 Å². The van der Waals surface area contributed by atoms with E-state index in [4.69, 9.17) is 15.9 Å². The number of aliphatic carboxylic acids is 2. The van der Waals surface area contributed by atoms with Crippen molar-refractivity contribution in [3.63, 3.8) is 0 Å². The summed E-state index contributed by atoms with van der Waals surface area (Å²) in [5.74, 6) is -3.62. The van der Waals surface area contributed by atoms with Gasteiger partial charge in [-0.3, -0.25) is 24.0 Å². The molecule has 0 saturated carbocycles. The first-order valence-electron chi connectivity index (χ1n) is 9.99. The highest BCUT2D eigenvalue weighted by Crippen LogP contribution is 2.08. The van der Waals surface area contributed by atoms with Gasteiger partial charge in [0.15, 0.2) is 0 Å². The predicted octanol–water partition coefficient (Wildman–Crippen LogP) is -0.463. The number of nitrogens with two attached hydrogens (primary N) is 1. The maximum atomic E-state index is 12.8. The molecule has 4 atom stereocenters. The summed E-state index contributed by atoms with van der Waals surface area (Å²) < 4.78 is 0. The minimum atomic E-state index is -1.21. The molecule has 0 saturated heterocycles. The summed E-state index contributed by atoms with van der Waals surface area (Å²) in [5, 5.41) is 25.2. The fourth-order valence-corrected chi connectivity index (χ4v) is 3.02. The lowest BCUT2D eigenvalue weighted by molar-refractivity contribution is -0.142. The zero-order chi connectivity index (χ0) is 24.1. The Labute approximate surface area is 186 Å². The largest absolute Gasteiger partial charge is 0.481 e. The van der Waals surface area contributed by atoms with Gasteiger partial charge in [-0.25, -0.2) is 0 Å². The number of thioether (sulfide) groups is 1. The van der Waals surface area contributed by atoms with Crippen molar-refractivity contribution in [3.05, 3.63) is 0 Å². The fourth-order valence-electron chi connectivity index (χ4n) is 2.54. The number of rotatable bonds is 15. The second-order valence-electron chi connectivity index (χ2n) is 7.64. The minimum Gasteiger partial charge on any atom is -0.481 e. The van der Waals surface area contributed by atoms with Crippen LogP contribution < -0.4 is 21.7 Å². The molecule has 0 aliphatic carbocycles. The van der Waals surface area contributed by atoms with Crippen LogP contribution in [0.4, 0.5) is 0 Å². The molecule has 4 unspecified atom stereocenters. The summed E-state index contributed by atoms with van der Waals surface area (Å²) in [6.45, 7) is 5.01. The van der Waals surface area contributed by atoms with Crippen molar-refractivity contribution in [3.8, 4) is 0 Å². The van der Waals surface area contributed by atoms with Crippen molar-refractivity contribution < 1.29 is 34.2 Å². The second-order valence-corrected chi connectivity index (χ2v) is 8.63. The van der Waals surface area contributed by atoms with Crippen LogP contribution in [0.15, 0.2) is 0 Å². The van der Waals surface area contributed by atoms with E-state index in [-0.39, 0.29) is 31.6 Å². The van der Waals surface area contributed by atoms with Crippen LogP contribution in [0.5, 0.6) is 0 Å². The summed E-state index contributed by atoms with van der Waals surface area (Å²) in [4.78, 5) is 59.3. The lowest BCUT2D eigenvalue weighted by Gasteiger charge is -2.25. The molecule has 0 heterocycles. The summed E-state index contributed by atoms with van der Waals surface area (Å²) in [5.41, 5.74) is 5.71. The SMILES string of the molecule is CSCCC(NC(=O)C(CC(C)C)NC(=O)C(N)CCC(=O)O)C(=O)NC(C)C(=O)O. The Kier molecular flexibility index (Phi) is 13.5. The highest BCUT2D eigenvalue weighted by atomic mass is 32.2. The molecule has 0 radical (unpaired) electrons. The van der Waals surface area contributed by atoms with Crippen LogP contribution in [0.1, 0.15) is 46.5 Å². The van der Waals surface area contributed by atoms with Gasteiger partial charge in [0.05, 0.1) is 6.04 Å². The van der Waals surface area contributed by atoms with E-state index in [1.165, 1.54) is 18.7 Å². The van der Waals surface area contributed by atoms with E-state index in [0.717, 1.165) is 0 Å². The quantitative estimate of drug-likeness (QED) is 0.187. The molecule has 11 nitrogen and oxygen atoms in total. The Morgan fingerprint density at radius 1 is 0.871 bits per heavy atom. The first-order valence-corrected chi connectivity index (χ1v) is 11.4. The van der Waals surface area contributed by atoms with Crippen LogP contribution in [0.3, 0.4) is 0 Å². The van der Waals surface area contributed by atoms with Crippen LogP contribution in [0.2, 0.25) is 0 Å². The smallest absolute Gasteiger partial charge is 0.325 e. The molecule has 0 rings (SSSR count). The first kappa shape index (κ1) is 28.7. The van der Waals surface area contributed by atoms with Crippen molar-refractivity contribution in [2.24, 2.45) is 11.7 Å². The second kappa shape index (κ2) is 14.6. The number of hydrogen-bond acceptors (Lipinski definition) is 7. The lowest BCUT2D eigenvalue weighted by atomic mass is 10.0. The number of carboxylic acids is 2. The topological polar surface area (TPSA) is 188 Å². The molecule has 0 bridgehead atoms. The average molecular weight is 463 g/mol. The van der Waals surface area contributed by atoms with E-state index in [0.29, 0.717) is 5.75 Å². The third-order valence-corrected chi connectivity index (χ3v) is 4.96. The predicted molar refractivity (Wildman–Crippen MR) is 116 cm³/mol. The Morgan fingerprint density at radius 2 is 1.42 bits per heavy atom. The van der Waals surface area contributed by atoms with Crippen molar-refractivity contribution in [2.45, 2.75) is 70.6 Å². The summed E-state index contributed by atoms with van der Waals surface area (Å²) in [7, 11) is 0. The molecule has 12 heteroatoms. The van der Waals surface area contributed by atoms with Crippen molar-refractivity contribution in [2.75, 3.05) is 12.0 Å². The van der Waals surface area contributed by atoms with E-state index < -0.39 is 53.8 Å². The Balaban J connectivity index is 5.27. The van der Waals surface area contributed by atoms with Gasteiger partial charge < -0.3 is 31.9 Å². The summed E-state index contributed by atoms with van der Waals surface area (Å²) >= 11 is 1.46. The maximum absolute atomic E-state index is 12.8. The monoisotopic (exact) mass is 462 g/mol. The molecule has 3 amide bonds. The maximum Gasteiger partial charge on any atom is 0.325 e. The number of nitrogens with one attached hydrogen (secondary N) is 3. The molecule has 0 aliphatic heterocycles. The number of hydrogen-bond donors (Lipinski definition) is 6. The van der Waals surface area contributed by atoms with Crippen LogP contribution in [0, 0.1) is 5.92 Å². The molecular formula is C19H34N4O7S. The van der Waals surface area contributed by atoms with Crippen molar-refractivity contribution >= 4 is 41.4 Å². The van der Waals surface area contributed by atoms with E-state index >= 15 is 0 Å². The fraction of sp³-hybridized carbons (Fsp3) is 0.737. The summed E-state index contributed by atoms with van der Waals surface area (Å²) in [6, 6.07) is -4.18. The van der Waals surface area contributed by atoms with Crippen LogP contribution in [-0.2, 0) is 24.0 Å². The van der Waals surface area contributed by atoms with Crippen LogP contribution in [0.25, 0.3) is 0 Å². The van der Waals surface area contributed by atoms with Gasteiger partial charge in [-0.1, -0.05) is 13.8 Å². The molecule has 7 N–H and O–H groups in total. The molecule has 0 spiro atoms. The minimum absolute atomic E-state index is 0.0248. The molecule has 178 valence electrons. The first-order chi connectivity index (χ1) is 14.4. The molecular weight excluding hydrogens is 428 g/mol. The van der Waals surface area contributed by atoms with Gasteiger partial charge in [-0.15, -0.1) is 0 Å². The van der Waals surface area contributed by atoms with Gasteiger partial charge in [0.25, 0.3) is 0 Å². The molecule has 0 aromatic rings. The van der Waals surface area contributed by atoms with E-state index in [9.17, 15) is 24.0 Å². The molecule has 0 aromatic carbocycles.